The Morgan fingerprint density at radius 1 is 1.44 bits per heavy atom. The van der Waals surface area contributed by atoms with Crippen LogP contribution in [0.3, 0.4) is 0 Å². The molecule has 0 fully saturated rings. The molecule has 0 saturated heterocycles. The van der Waals surface area contributed by atoms with E-state index in [0.29, 0.717) is 16.8 Å². The van der Waals surface area contributed by atoms with E-state index in [2.05, 4.69) is 10.2 Å². The predicted molar refractivity (Wildman–Crippen MR) is 64.8 cm³/mol. The number of carbonyl (C=O) groups is 1. The number of H-pyrrole nitrogens is 1. The number of aromatic nitrogens is 2. The topological polar surface area (TPSA) is 66.0 Å². The zero-order valence-corrected chi connectivity index (χ0v) is 10.1. The van der Waals surface area contributed by atoms with Crippen molar-refractivity contribution >= 4 is 5.97 Å². The predicted octanol–water partition coefficient (Wildman–Crippen LogP) is 2.46. The summed E-state index contributed by atoms with van der Waals surface area (Å²) in [5.41, 5.74) is 3.14. The van der Waals surface area contributed by atoms with Crippen LogP contribution in [0.4, 0.5) is 4.39 Å². The van der Waals surface area contributed by atoms with E-state index in [1.165, 1.54) is 6.07 Å². The maximum absolute atomic E-state index is 13.2. The second-order valence-corrected chi connectivity index (χ2v) is 4.21. The standard InChI is InChI=1S/C13H13FN2O2/c1-7-5-9(3-4-11(7)14)13-10(6-12(17)18)8(2)15-16-13/h3-5H,6H2,1-2H3,(H,15,16)(H,17,18). The number of rotatable bonds is 3. The van der Waals surface area contributed by atoms with E-state index >= 15 is 0 Å². The van der Waals surface area contributed by atoms with E-state index in [1.807, 2.05) is 0 Å². The number of aromatic amines is 1. The Morgan fingerprint density at radius 3 is 2.78 bits per heavy atom. The number of aryl methyl sites for hydroxylation is 2. The molecular formula is C13H13FN2O2. The zero-order valence-electron chi connectivity index (χ0n) is 10.1. The summed E-state index contributed by atoms with van der Waals surface area (Å²) in [6, 6.07) is 4.62. The van der Waals surface area contributed by atoms with Gasteiger partial charge in [0.25, 0.3) is 0 Å². The SMILES string of the molecule is Cc1cc(-c2n[nH]c(C)c2CC(=O)O)ccc1F. The van der Waals surface area contributed by atoms with Crippen molar-refractivity contribution in [1.29, 1.82) is 0 Å². The van der Waals surface area contributed by atoms with Crippen LogP contribution in [0.15, 0.2) is 18.2 Å². The van der Waals surface area contributed by atoms with Gasteiger partial charge >= 0.3 is 5.97 Å². The number of hydrogen-bond donors (Lipinski definition) is 2. The molecule has 0 atom stereocenters. The third kappa shape index (κ3) is 2.25. The number of halogens is 1. The largest absolute Gasteiger partial charge is 0.481 e. The Morgan fingerprint density at radius 2 is 2.17 bits per heavy atom. The Labute approximate surface area is 103 Å². The quantitative estimate of drug-likeness (QED) is 0.876. The van der Waals surface area contributed by atoms with Gasteiger partial charge in [-0.15, -0.1) is 0 Å². The zero-order chi connectivity index (χ0) is 13.3. The van der Waals surface area contributed by atoms with Crippen molar-refractivity contribution in [3.63, 3.8) is 0 Å². The summed E-state index contributed by atoms with van der Waals surface area (Å²) < 4.78 is 13.2. The monoisotopic (exact) mass is 248 g/mol. The van der Waals surface area contributed by atoms with Crippen molar-refractivity contribution in [2.45, 2.75) is 20.3 Å². The summed E-state index contributed by atoms with van der Waals surface area (Å²) >= 11 is 0. The molecular weight excluding hydrogens is 235 g/mol. The molecule has 0 radical (unpaired) electrons. The van der Waals surface area contributed by atoms with Gasteiger partial charge in [-0.05, 0) is 37.6 Å². The third-order valence-corrected chi connectivity index (χ3v) is 2.83. The molecule has 0 saturated carbocycles. The second-order valence-electron chi connectivity index (χ2n) is 4.21. The molecule has 1 heterocycles. The molecule has 0 aliphatic heterocycles. The van der Waals surface area contributed by atoms with Gasteiger partial charge in [-0.2, -0.15) is 5.10 Å². The normalized spacial score (nSPS) is 10.6. The van der Waals surface area contributed by atoms with Gasteiger partial charge in [-0.3, -0.25) is 9.89 Å². The molecule has 18 heavy (non-hydrogen) atoms. The van der Waals surface area contributed by atoms with E-state index in [0.717, 1.165) is 11.3 Å². The molecule has 0 aliphatic rings. The Hall–Kier alpha value is -2.17. The molecule has 1 aromatic heterocycles. The van der Waals surface area contributed by atoms with Gasteiger partial charge in [0, 0.05) is 16.8 Å². The number of aliphatic carboxylic acids is 1. The summed E-state index contributed by atoms with van der Waals surface area (Å²) in [7, 11) is 0. The van der Waals surface area contributed by atoms with Gasteiger partial charge in [-0.25, -0.2) is 4.39 Å². The summed E-state index contributed by atoms with van der Waals surface area (Å²) in [4.78, 5) is 10.8. The van der Waals surface area contributed by atoms with Crippen LogP contribution < -0.4 is 0 Å². The lowest BCUT2D eigenvalue weighted by atomic mass is 10.0. The molecule has 4 nitrogen and oxygen atoms in total. The molecule has 1 aromatic carbocycles. The highest BCUT2D eigenvalue weighted by Crippen LogP contribution is 2.25. The first kappa shape index (κ1) is 12.3. The number of hydrogen-bond acceptors (Lipinski definition) is 2. The number of benzene rings is 1. The van der Waals surface area contributed by atoms with Gasteiger partial charge in [-0.1, -0.05) is 0 Å². The molecule has 2 N–H and O–H groups in total. The summed E-state index contributed by atoms with van der Waals surface area (Å²) in [6.07, 6.45) is -0.103. The van der Waals surface area contributed by atoms with Crippen molar-refractivity contribution in [2.75, 3.05) is 0 Å². The molecule has 0 spiro atoms. The van der Waals surface area contributed by atoms with Crippen molar-refractivity contribution in [3.8, 4) is 11.3 Å². The Balaban J connectivity index is 2.50. The highest BCUT2D eigenvalue weighted by atomic mass is 19.1. The molecule has 5 heteroatoms. The molecule has 2 aromatic rings. The number of nitrogens with zero attached hydrogens (tertiary/aromatic N) is 1. The first-order valence-electron chi connectivity index (χ1n) is 5.51. The number of carboxylic acids is 1. The highest BCUT2D eigenvalue weighted by molar-refractivity contribution is 5.75. The average molecular weight is 248 g/mol. The summed E-state index contributed by atoms with van der Waals surface area (Å²) in [5.74, 6) is -1.20. The average Bonchev–Trinajstić information content (AvgIpc) is 2.64. The second kappa shape index (κ2) is 4.60. The maximum atomic E-state index is 13.2. The Bertz CT molecular complexity index is 605. The lowest BCUT2D eigenvalue weighted by molar-refractivity contribution is -0.136. The lowest BCUT2D eigenvalue weighted by Crippen LogP contribution is -2.02. The lowest BCUT2D eigenvalue weighted by Gasteiger charge is -2.03. The van der Waals surface area contributed by atoms with Gasteiger partial charge < -0.3 is 5.11 Å². The van der Waals surface area contributed by atoms with Crippen molar-refractivity contribution < 1.29 is 14.3 Å². The van der Waals surface area contributed by atoms with E-state index in [4.69, 9.17) is 5.11 Å². The van der Waals surface area contributed by atoms with Crippen LogP contribution in [-0.2, 0) is 11.2 Å². The molecule has 0 amide bonds. The molecule has 94 valence electrons. The van der Waals surface area contributed by atoms with Gasteiger partial charge in [0.2, 0.25) is 0 Å². The molecule has 0 unspecified atom stereocenters. The fraction of sp³-hybridized carbons (Fsp3) is 0.231. The minimum absolute atomic E-state index is 0.103. The van der Waals surface area contributed by atoms with Crippen LogP contribution in [0, 0.1) is 19.7 Å². The van der Waals surface area contributed by atoms with Crippen molar-refractivity contribution in [2.24, 2.45) is 0 Å². The van der Waals surface area contributed by atoms with E-state index < -0.39 is 5.97 Å². The smallest absolute Gasteiger partial charge is 0.307 e. The van der Waals surface area contributed by atoms with Gasteiger partial charge in [0.1, 0.15) is 5.82 Å². The summed E-state index contributed by atoms with van der Waals surface area (Å²) in [6.45, 7) is 3.43. The minimum atomic E-state index is -0.917. The summed E-state index contributed by atoms with van der Waals surface area (Å²) in [5, 5.41) is 15.7. The molecule has 0 bridgehead atoms. The highest BCUT2D eigenvalue weighted by Gasteiger charge is 2.15. The third-order valence-electron chi connectivity index (χ3n) is 2.83. The van der Waals surface area contributed by atoms with Crippen LogP contribution in [0.25, 0.3) is 11.3 Å². The van der Waals surface area contributed by atoms with Crippen LogP contribution >= 0.6 is 0 Å². The fourth-order valence-corrected chi connectivity index (χ4v) is 1.85. The van der Waals surface area contributed by atoms with Crippen LogP contribution in [0.2, 0.25) is 0 Å². The van der Waals surface area contributed by atoms with Gasteiger partial charge in [0.05, 0.1) is 12.1 Å². The number of nitrogens with one attached hydrogen (secondary N) is 1. The first-order valence-corrected chi connectivity index (χ1v) is 5.51. The van der Waals surface area contributed by atoms with Crippen LogP contribution in [0.5, 0.6) is 0 Å². The van der Waals surface area contributed by atoms with E-state index in [1.54, 1.807) is 26.0 Å². The number of carboxylic acid groups (broad SMARTS) is 1. The first-order chi connectivity index (χ1) is 8.49. The Kier molecular flexibility index (Phi) is 3.14. The van der Waals surface area contributed by atoms with Crippen molar-refractivity contribution in [1.82, 2.24) is 10.2 Å². The van der Waals surface area contributed by atoms with E-state index in [9.17, 15) is 9.18 Å². The maximum Gasteiger partial charge on any atom is 0.307 e. The molecule has 2 rings (SSSR count). The van der Waals surface area contributed by atoms with E-state index in [-0.39, 0.29) is 12.2 Å². The van der Waals surface area contributed by atoms with Crippen molar-refractivity contribution in [3.05, 3.63) is 40.8 Å². The van der Waals surface area contributed by atoms with Crippen LogP contribution in [0.1, 0.15) is 16.8 Å². The minimum Gasteiger partial charge on any atom is -0.481 e. The fourth-order valence-electron chi connectivity index (χ4n) is 1.85. The van der Waals surface area contributed by atoms with Crippen LogP contribution in [-0.4, -0.2) is 21.3 Å². The van der Waals surface area contributed by atoms with Gasteiger partial charge in [0.15, 0.2) is 0 Å². The molecule has 0 aliphatic carbocycles.